The van der Waals surface area contributed by atoms with Gasteiger partial charge in [-0.15, -0.1) is 11.3 Å². The van der Waals surface area contributed by atoms with Gasteiger partial charge in [0.15, 0.2) is 6.29 Å². The Morgan fingerprint density at radius 1 is 1.26 bits per heavy atom. The van der Waals surface area contributed by atoms with E-state index >= 15 is 0 Å². The van der Waals surface area contributed by atoms with Gasteiger partial charge in [0.05, 0.1) is 24.0 Å². The molecule has 0 bridgehead atoms. The Morgan fingerprint density at radius 2 is 1.88 bits per heavy atom. The highest BCUT2D eigenvalue weighted by atomic mass is 32.1. The summed E-state index contributed by atoms with van der Waals surface area (Å²) in [4.78, 5) is 41.5. The number of fused-ring (bicyclic) bond motifs is 1. The van der Waals surface area contributed by atoms with E-state index in [0.717, 1.165) is 0 Å². The zero-order chi connectivity index (χ0) is 25.0. The number of methoxy groups -OCH3 is 2. The van der Waals surface area contributed by atoms with Gasteiger partial charge in [-0.2, -0.15) is 0 Å². The van der Waals surface area contributed by atoms with E-state index in [0.29, 0.717) is 33.5 Å². The van der Waals surface area contributed by atoms with Crippen LogP contribution in [0.1, 0.15) is 43.0 Å². The molecule has 188 valence electrons. The molecule has 2 aromatic rings. The van der Waals surface area contributed by atoms with Crippen LogP contribution in [-0.2, 0) is 28.1 Å². The molecule has 2 heterocycles. The Kier molecular flexibility index (Phi) is 6.36. The molecule has 0 radical (unpaired) electrons. The van der Waals surface area contributed by atoms with E-state index in [1.165, 1.54) is 39.6 Å². The lowest BCUT2D eigenvalue weighted by Gasteiger charge is -2.35. The summed E-state index contributed by atoms with van der Waals surface area (Å²) < 4.78 is 40.1. The molecule has 0 unspecified atom stereocenters. The van der Waals surface area contributed by atoms with E-state index < -0.39 is 29.5 Å². The molecule has 12 heteroatoms. The molecule has 0 aliphatic heterocycles. The number of nitrogens with zero attached hydrogens (tertiary/aromatic N) is 3. The first-order chi connectivity index (χ1) is 15.9. The van der Waals surface area contributed by atoms with Crippen molar-refractivity contribution in [2.24, 2.45) is 11.7 Å². The molecule has 0 atom stereocenters. The summed E-state index contributed by atoms with van der Waals surface area (Å²) in [5.74, 6) is -3.05. The van der Waals surface area contributed by atoms with Crippen LogP contribution in [0.5, 0.6) is 0 Å². The van der Waals surface area contributed by atoms with Crippen molar-refractivity contribution in [2.75, 3.05) is 20.8 Å². The van der Waals surface area contributed by atoms with Crippen molar-refractivity contribution in [1.82, 2.24) is 14.0 Å². The molecule has 2 fully saturated rings. The molecule has 0 spiro atoms. The van der Waals surface area contributed by atoms with E-state index in [4.69, 9.17) is 15.2 Å². The molecule has 2 aliphatic carbocycles. The van der Waals surface area contributed by atoms with Crippen LogP contribution in [0.4, 0.5) is 13.6 Å². The smallest absolute Gasteiger partial charge is 0.332 e. The van der Waals surface area contributed by atoms with Gasteiger partial charge in [-0.3, -0.25) is 13.9 Å². The Labute approximate surface area is 199 Å². The van der Waals surface area contributed by atoms with Gasteiger partial charge in [0.25, 0.3) is 5.56 Å². The van der Waals surface area contributed by atoms with E-state index in [1.54, 1.807) is 6.92 Å². The normalized spacial score (nSPS) is 18.9. The number of carbonyl (C=O) groups excluding carboxylic acids is 1. The number of urea groups is 1. The molecule has 4 rings (SSSR count). The highest BCUT2D eigenvalue weighted by molar-refractivity contribution is 7.18. The number of hydrogen-bond acceptors (Lipinski definition) is 6. The first kappa shape index (κ1) is 24.8. The van der Waals surface area contributed by atoms with Gasteiger partial charge in [0.2, 0.25) is 5.92 Å². The van der Waals surface area contributed by atoms with Crippen LogP contribution in [-0.4, -0.2) is 53.0 Å². The van der Waals surface area contributed by atoms with Crippen molar-refractivity contribution in [2.45, 2.75) is 70.4 Å². The number of nitrogens with two attached hydrogens (primary N) is 1. The van der Waals surface area contributed by atoms with Crippen LogP contribution in [0.25, 0.3) is 10.2 Å². The van der Waals surface area contributed by atoms with Crippen LogP contribution in [0.3, 0.4) is 0 Å². The summed E-state index contributed by atoms with van der Waals surface area (Å²) in [6.45, 7) is 3.91. The van der Waals surface area contributed by atoms with Gasteiger partial charge >= 0.3 is 11.7 Å². The van der Waals surface area contributed by atoms with Crippen LogP contribution in [0, 0.1) is 12.8 Å². The van der Waals surface area contributed by atoms with Gasteiger partial charge in [0, 0.05) is 38.5 Å². The molecule has 0 aromatic carbocycles. The molecular formula is C22H30F2N4O5S. The molecule has 9 nitrogen and oxygen atoms in total. The minimum atomic E-state index is -2.71. The van der Waals surface area contributed by atoms with Crippen molar-refractivity contribution >= 4 is 27.6 Å². The molecule has 2 saturated carbocycles. The van der Waals surface area contributed by atoms with E-state index in [2.05, 4.69) is 0 Å². The lowest BCUT2D eigenvalue weighted by Crippen LogP contribution is -2.47. The van der Waals surface area contributed by atoms with Crippen molar-refractivity contribution in [3.63, 3.8) is 0 Å². The van der Waals surface area contributed by atoms with Gasteiger partial charge < -0.3 is 20.1 Å². The maximum atomic E-state index is 13.5. The third-order valence-electron chi connectivity index (χ3n) is 6.98. The average Bonchev–Trinajstić information content (AvgIpc) is 3.39. The van der Waals surface area contributed by atoms with Crippen LogP contribution in [0.15, 0.2) is 9.59 Å². The standard InChI is InChI=1S/C22H30F2N4O5S/c1-12-14(10-26(19(25)30)11-15(32-3)33-4)34-18-16(12)17(29)28(21(2)5-6-21)20(31)27(18)9-13-7-22(23,24)8-13/h13,15H,5-11H2,1-4H3,(H2,25,30). The van der Waals surface area contributed by atoms with E-state index in [9.17, 15) is 23.2 Å². The van der Waals surface area contributed by atoms with E-state index in [1.807, 2.05) is 6.92 Å². The second-order valence-electron chi connectivity index (χ2n) is 9.61. The summed E-state index contributed by atoms with van der Waals surface area (Å²) >= 11 is 1.21. The number of amides is 2. The fraction of sp³-hybridized carbons (Fsp3) is 0.682. The Balaban J connectivity index is 1.80. The number of alkyl halides is 2. The number of aromatic nitrogens is 2. The Hall–Kier alpha value is -2.31. The molecule has 2 aromatic heterocycles. The zero-order valence-corrected chi connectivity index (χ0v) is 20.5. The lowest BCUT2D eigenvalue weighted by atomic mass is 9.81. The number of rotatable bonds is 9. The molecule has 2 amide bonds. The minimum absolute atomic E-state index is 0.0717. The van der Waals surface area contributed by atoms with Crippen LogP contribution in [0.2, 0.25) is 0 Å². The Morgan fingerprint density at radius 3 is 2.38 bits per heavy atom. The quantitative estimate of drug-likeness (QED) is 0.533. The number of hydrogen-bond donors (Lipinski definition) is 1. The number of halogens is 2. The second-order valence-corrected chi connectivity index (χ2v) is 10.7. The summed E-state index contributed by atoms with van der Waals surface area (Å²) in [7, 11) is 2.89. The summed E-state index contributed by atoms with van der Waals surface area (Å²) in [6, 6.07) is -0.687. The third kappa shape index (κ3) is 4.38. The lowest BCUT2D eigenvalue weighted by molar-refractivity contribution is -0.114. The monoisotopic (exact) mass is 500 g/mol. The number of carbonyl (C=O) groups is 1. The largest absolute Gasteiger partial charge is 0.354 e. The van der Waals surface area contributed by atoms with Gasteiger partial charge in [0.1, 0.15) is 4.83 Å². The molecule has 2 N–H and O–H groups in total. The highest BCUT2D eigenvalue weighted by Gasteiger charge is 2.47. The van der Waals surface area contributed by atoms with Gasteiger partial charge in [-0.05, 0) is 38.2 Å². The fourth-order valence-corrected chi connectivity index (χ4v) is 5.90. The van der Waals surface area contributed by atoms with Crippen molar-refractivity contribution in [1.29, 1.82) is 0 Å². The van der Waals surface area contributed by atoms with E-state index in [-0.39, 0.29) is 44.0 Å². The van der Waals surface area contributed by atoms with Crippen molar-refractivity contribution in [3.8, 4) is 0 Å². The van der Waals surface area contributed by atoms with Crippen molar-refractivity contribution < 1.29 is 23.0 Å². The minimum Gasteiger partial charge on any atom is -0.354 e. The maximum absolute atomic E-state index is 13.5. The highest BCUT2D eigenvalue weighted by Crippen LogP contribution is 2.44. The maximum Gasteiger partial charge on any atom is 0.332 e. The SMILES string of the molecule is COC(CN(Cc1sc2c(c1C)c(=O)n(C1(C)CC1)c(=O)n2CC1CC(F)(F)C1)C(N)=O)OC. The summed E-state index contributed by atoms with van der Waals surface area (Å²) in [6.07, 6.45) is 0.165. The predicted octanol–water partition coefficient (Wildman–Crippen LogP) is 2.59. The first-order valence-corrected chi connectivity index (χ1v) is 12.0. The fourth-order valence-electron chi connectivity index (χ4n) is 4.59. The zero-order valence-electron chi connectivity index (χ0n) is 19.7. The molecule has 0 saturated heterocycles. The average molecular weight is 501 g/mol. The van der Waals surface area contributed by atoms with Gasteiger partial charge in [-0.1, -0.05) is 0 Å². The summed E-state index contributed by atoms with van der Waals surface area (Å²) in [5.41, 5.74) is 4.80. The van der Waals surface area contributed by atoms with Crippen LogP contribution >= 0.6 is 11.3 Å². The molecule has 34 heavy (non-hydrogen) atoms. The number of aryl methyl sites for hydroxylation is 1. The number of thiophene rings is 1. The second kappa shape index (κ2) is 8.72. The third-order valence-corrected chi connectivity index (χ3v) is 8.28. The molecule has 2 aliphatic rings. The predicted molar refractivity (Wildman–Crippen MR) is 123 cm³/mol. The first-order valence-electron chi connectivity index (χ1n) is 11.2. The topological polar surface area (TPSA) is 109 Å². The number of ether oxygens (including phenoxy) is 2. The summed E-state index contributed by atoms with van der Waals surface area (Å²) in [5, 5.41) is 0.387. The molecular weight excluding hydrogens is 470 g/mol. The van der Waals surface area contributed by atoms with Gasteiger partial charge in [-0.25, -0.2) is 18.4 Å². The van der Waals surface area contributed by atoms with Crippen LogP contribution < -0.4 is 17.0 Å². The Bertz CT molecular complexity index is 1220. The number of primary amides is 1. The van der Waals surface area contributed by atoms with Crippen molar-refractivity contribution in [3.05, 3.63) is 31.3 Å².